The minimum absolute atomic E-state index is 0.0365. The van der Waals surface area contributed by atoms with Crippen LogP contribution >= 0.6 is 0 Å². The van der Waals surface area contributed by atoms with Crippen LogP contribution in [0.2, 0.25) is 0 Å². The first-order valence-corrected chi connectivity index (χ1v) is 21.3. The van der Waals surface area contributed by atoms with Crippen molar-refractivity contribution in [3.63, 3.8) is 0 Å². The second-order valence-corrected chi connectivity index (χ2v) is 15.6. The average Bonchev–Trinajstić information content (AvgIpc) is 4.03. The van der Waals surface area contributed by atoms with Gasteiger partial charge in [-0.2, -0.15) is 23.4 Å². The van der Waals surface area contributed by atoms with Crippen LogP contribution in [0.15, 0.2) is 42.5 Å². The number of imidazole rings is 2. The summed E-state index contributed by atoms with van der Waals surface area (Å²) in [6.07, 6.45) is -2.55. The number of nitrogens with zero attached hydrogens (tertiary/aromatic N) is 9. The molecule has 8 N–H and O–H groups in total. The molecule has 1 unspecified atom stereocenters. The van der Waals surface area contributed by atoms with E-state index in [1.165, 1.54) is 36.1 Å². The second-order valence-electron chi connectivity index (χ2n) is 15.6. The number of anilines is 3. The van der Waals surface area contributed by atoms with E-state index in [0.29, 0.717) is 48.5 Å². The highest BCUT2D eigenvalue weighted by Gasteiger charge is 2.43. The average molecular weight is 933 g/mol. The SMILES string of the molecule is CCn1nc(C)cc1C(=O)Nc1nc2cc(C(N)=O)cc(OCCCN3CCOC(C(F)(F)F)C3)c2n1C/C=C/Cn1c(NC(=O)c2c(N)c(C)nn2CC)nc2cc(C(N)=O)cc(OC)c21. The molecule has 0 spiro atoms. The van der Waals surface area contributed by atoms with Crippen LogP contribution in [0.4, 0.5) is 30.8 Å². The summed E-state index contributed by atoms with van der Waals surface area (Å²) in [5.41, 5.74) is 20.8. The molecule has 0 saturated carbocycles. The van der Waals surface area contributed by atoms with E-state index in [1.54, 1.807) is 50.8 Å². The van der Waals surface area contributed by atoms with Gasteiger partial charge < -0.3 is 40.5 Å². The zero-order valence-corrected chi connectivity index (χ0v) is 37.4. The number of carbonyl (C=O) groups excluding carboxylic acids is 4. The number of methoxy groups -OCH3 is 1. The number of hydrogen-bond acceptors (Lipinski definition) is 13. The summed E-state index contributed by atoms with van der Waals surface area (Å²) in [4.78, 5) is 63.5. The highest BCUT2D eigenvalue weighted by atomic mass is 19.4. The third-order valence-electron chi connectivity index (χ3n) is 11.1. The topological polar surface area (TPSA) is 273 Å². The molecule has 4 aromatic heterocycles. The lowest BCUT2D eigenvalue weighted by atomic mass is 10.1. The summed E-state index contributed by atoms with van der Waals surface area (Å²) in [7, 11) is 1.41. The molecular formula is C43H51F3N14O7. The number of allylic oxidation sites excluding steroid dienone is 2. The number of nitrogen functional groups attached to an aromatic ring is 1. The maximum absolute atomic E-state index is 13.8. The molecule has 1 aliphatic rings. The van der Waals surface area contributed by atoms with Crippen molar-refractivity contribution in [3.8, 4) is 11.5 Å². The number of fused-ring (bicyclic) bond motifs is 2. The minimum Gasteiger partial charge on any atom is -0.494 e. The molecule has 4 amide bonds. The van der Waals surface area contributed by atoms with Crippen LogP contribution < -0.4 is 37.3 Å². The molecule has 21 nitrogen and oxygen atoms in total. The van der Waals surface area contributed by atoms with E-state index in [2.05, 4.69) is 25.8 Å². The van der Waals surface area contributed by atoms with E-state index in [-0.39, 0.29) is 102 Å². The minimum atomic E-state index is -4.49. The fraction of sp³-hybridized carbons (Fsp3) is 0.395. The van der Waals surface area contributed by atoms with Gasteiger partial charge in [0.25, 0.3) is 11.8 Å². The van der Waals surface area contributed by atoms with Crippen molar-refractivity contribution in [1.29, 1.82) is 0 Å². The van der Waals surface area contributed by atoms with Crippen molar-refractivity contribution in [2.24, 2.45) is 11.5 Å². The Balaban J connectivity index is 1.24. The number of rotatable bonds is 18. The summed E-state index contributed by atoms with van der Waals surface area (Å²) in [6, 6.07) is 7.48. The van der Waals surface area contributed by atoms with Gasteiger partial charge >= 0.3 is 6.18 Å². The van der Waals surface area contributed by atoms with E-state index >= 15 is 0 Å². The van der Waals surface area contributed by atoms with E-state index < -0.39 is 35.9 Å². The predicted molar refractivity (Wildman–Crippen MR) is 240 cm³/mol. The van der Waals surface area contributed by atoms with E-state index in [0.717, 1.165) is 0 Å². The highest BCUT2D eigenvalue weighted by Crippen LogP contribution is 2.34. The second kappa shape index (κ2) is 19.6. The van der Waals surface area contributed by atoms with Crippen LogP contribution in [-0.2, 0) is 30.9 Å². The lowest BCUT2D eigenvalue weighted by Crippen LogP contribution is -2.49. The highest BCUT2D eigenvalue weighted by molar-refractivity contribution is 6.07. The first kappa shape index (κ1) is 47.5. The van der Waals surface area contributed by atoms with Gasteiger partial charge in [-0.25, -0.2) is 9.97 Å². The monoisotopic (exact) mass is 932 g/mol. The number of aryl methyl sites for hydroxylation is 4. The van der Waals surface area contributed by atoms with Crippen LogP contribution in [0.3, 0.4) is 0 Å². The Bertz CT molecular complexity index is 2900. The van der Waals surface area contributed by atoms with Crippen LogP contribution in [0.1, 0.15) is 73.3 Å². The lowest BCUT2D eigenvalue weighted by molar-refractivity contribution is -0.237. The number of aromatic nitrogens is 8. The van der Waals surface area contributed by atoms with Gasteiger partial charge in [0.1, 0.15) is 33.9 Å². The van der Waals surface area contributed by atoms with Gasteiger partial charge in [0.15, 0.2) is 6.10 Å². The maximum atomic E-state index is 13.8. The molecule has 1 saturated heterocycles. The molecule has 0 aliphatic carbocycles. The molecule has 24 heteroatoms. The number of carbonyl (C=O) groups is 4. The maximum Gasteiger partial charge on any atom is 0.415 e. The Hall–Kier alpha value is -7.47. The van der Waals surface area contributed by atoms with Crippen LogP contribution in [0.25, 0.3) is 22.1 Å². The first-order chi connectivity index (χ1) is 31.9. The fourth-order valence-corrected chi connectivity index (χ4v) is 7.85. The molecule has 1 aliphatic heterocycles. The summed E-state index contributed by atoms with van der Waals surface area (Å²) >= 11 is 0. The molecule has 356 valence electrons. The van der Waals surface area contributed by atoms with Crippen molar-refractivity contribution in [2.75, 3.05) is 56.3 Å². The fourth-order valence-electron chi connectivity index (χ4n) is 7.85. The van der Waals surface area contributed by atoms with Crippen LogP contribution in [-0.4, -0.2) is 119 Å². The van der Waals surface area contributed by atoms with Gasteiger partial charge in [-0.05, 0) is 64.4 Å². The lowest BCUT2D eigenvalue weighted by Gasteiger charge is -2.33. The third-order valence-corrected chi connectivity index (χ3v) is 11.1. The molecule has 7 rings (SSSR count). The molecule has 1 atom stereocenters. The van der Waals surface area contributed by atoms with Gasteiger partial charge in [-0.15, -0.1) is 0 Å². The Morgan fingerprint density at radius 1 is 0.851 bits per heavy atom. The summed E-state index contributed by atoms with van der Waals surface area (Å²) in [6.45, 7) is 8.23. The Labute approximate surface area is 381 Å². The summed E-state index contributed by atoms with van der Waals surface area (Å²) in [5, 5.41) is 14.5. The van der Waals surface area contributed by atoms with E-state index in [9.17, 15) is 32.3 Å². The van der Waals surface area contributed by atoms with Crippen molar-refractivity contribution < 1.29 is 46.6 Å². The number of hydrogen-bond donors (Lipinski definition) is 5. The molecule has 6 aromatic rings. The van der Waals surface area contributed by atoms with Gasteiger partial charge in [0, 0.05) is 56.9 Å². The number of morpholine rings is 1. The molecule has 0 radical (unpaired) electrons. The number of halogens is 3. The van der Waals surface area contributed by atoms with Gasteiger partial charge in [0.2, 0.25) is 23.7 Å². The van der Waals surface area contributed by atoms with Crippen molar-refractivity contribution in [2.45, 2.75) is 72.6 Å². The van der Waals surface area contributed by atoms with Gasteiger partial charge in [-0.3, -0.25) is 44.1 Å². The Kier molecular flexibility index (Phi) is 13.9. The zero-order chi connectivity index (χ0) is 48.3. The third kappa shape index (κ3) is 10.0. The van der Waals surface area contributed by atoms with Crippen LogP contribution in [0, 0.1) is 13.8 Å². The quantitative estimate of drug-likeness (QED) is 0.0603. The van der Waals surface area contributed by atoms with E-state index in [4.69, 9.17) is 36.4 Å². The van der Waals surface area contributed by atoms with Crippen molar-refractivity contribution in [1.82, 2.24) is 43.6 Å². The smallest absolute Gasteiger partial charge is 0.415 e. The Morgan fingerprint density at radius 2 is 1.43 bits per heavy atom. The summed E-state index contributed by atoms with van der Waals surface area (Å²) in [5.74, 6) is -2.02. The number of alkyl halides is 3. The molecule has 2 aromatic carbocycles. The van der Waals surface area contributed by atoms with Gasteiger partial charge in [-0.1, -0.05) is 12.2 Å². The molecule has 5 heterocycles. The van der Waals surface area contributed by atoms with E-state index in [1.807, 2.05) is 13.8 Å². The molecule has 1 fully saturated rings. The largest absolute Gasteiger partial charge is 0.494 e. The zero-order valence-electron chi connectivity index (χ0n) is 37.4. The number of ether oxygens (including phenoxy) is 3. The van der Waals surface area contributed by atoms with Crippen LogP contribution in [0.5, 0.6) is 11.5 Å². The molecule has 67 heavy (non-hydrogen) atoms. The molecule has 0 bridgehead atoms. The Morgan fingerprint density at radius 3 is 2.00 bits per heavy atom. The number of nitrogens with one attached hydrogen (secondary N) is 2. The standard InChI is InChI=1S/C43H51F3N14O7/c1-6-59-29(17-23(3)54-59)39(63)52-41-51-28-19-26(38(49)62)21-31(66-15-10-11-56-14-16-67-32(22-56)43(44,45)46)35(28)58(41)13-9-8-12-57-34-27(18-25(37(48)61)20-30(34)65-5)50-42(57)53-40(64)36-33(47)24(4)55-60(36)7-2/h8-9,17-21,32H,6-7,10-16,22,47H2,1-5H3,(H2,48,61)(H2,49,62)(H,50,53,64)(H,51,52,63)/b9-8+. The number of amides is 4. The predicted octanol–water partition coefficient (Wildman–Crippen LogP) is 4.02. The summed E-state index contributed by atoms with van der Waals surface area (Å²) < 4.78 is 63.4. The number of benzene rings is 2. The molecular weight excluding hydrogens is 882 g/mol. The first-order valence-electron chi connectivity index (χ1n) is 21.3. The number of nitrogens with two attached hydrogens (primary N) is 3. The van der Waals surface area contributed by atoms with Crippen molar-refractivity contribution in [3.05, 3.63) is 76.4 Å². The van der Waals surface area contributed by atoms with Gasteiger partial charge in [0.05, 0.1) is 48.4 Å². The van der Waals surface area contributed by atoms with Crippen molar-refractivity contribution >= 4 is 63.3 Å². The normalized spacial score (nSPS) is 14.6. The number of primary amides is 2.